The highest BCUT2D eigenvalue weighted by atomic mass is 32.2. The van der Waals surface area contributed by atoms with Crippen LogP contribution < -0.4 is 20.9 Å². The second kappa shape index (κ2) is 8.40. The SMILES string of the molecule is O=C(CNC(=O)C1CC1)NNC(=O)c1ccccc1NS(=O)(=O)c1cccs1. The molecule has 1 aromatic carbocycles. The Kier molecular flexibility index (Phi) is 5.95. The molecule has 4 N–H and O–H groups in total. The fourth-order valence-electron chi connectivity index (χ4n) is 2.28. The minimum atomic E-state index is -3.82. The molecule has 28 heavy (non-hydrogen) atoms. The molecule has 0 unspecified atom stereocenters. The fraction of sp³-hybridized carbons (Fsp3) is 0.235. The van der Waals surface area contributed by atoms with E-state index in [0.29, 0.717) is 0 Å². The summed E-state index contributed by atoms with van der Waals surface area (Å²) >= 11 is 1.05. The first kappa shape index (κ1) is 19.8. The van der Waals surface area contributed by atoms with Gasteiger partial charge >= 0.3 is 0 Å². The minimum Gasteiger partial charge on any atom is -0.347 e. The Morgan fingerprint density at radius 3 is 2.46 bits per heavy atom. The van der Waals surface area contributed by atoms with Gasteiger partial charge in [-0.2, -0.15) is 0 Å². The van der Waals surface area contributed by atoms with Gasteiger partial charge in [-0.05, 0) is 36.4 Å². The number of carbonyl (C=O) groups excluding carboxylic acids is 3. The first-order valence-corrected chi connectivity index (χ1v) is 10.8. The molecule has 0 aliphatic heterocycles. The van der Waals surface area contributed by atoms with Crippen LogP contribution in [0.25, 0.3) is 0 Å². The molecule has 1 fully saturated rings. The second-order valence-corrected chi connectivity index (χ2v) is 8.93. The van der Waals surface area contributed by atoms with Gasteiger partial charge in [0, 0.05) is 5.92 Å². The summed E-state index contributed by atoms with van der Waals surface area (Å²) in [5.41, 5.74) is 4.50. The van der Waals surface area contributed by atoms with Crippen molar-refractivity contribution < 1.29 is 22.8 Å². The highest BCUT2D eigenvalue weighted by molar-refractivity contribution is 7.94. The largest absolute Gasteiger partial charge is 0.347 e. The molecule has 1 aliphatic rings. The zero-order chi connectivity index (χ0) is 20.1. The van der Waals surface area contributed by atoms with Crippen LogP contribution >= 0.6 is 11.3 Å². The topological polar surface area (TPSA) is 133 Å². The summed E-state index contributed by atoms with van der Waals surface area (Å²) in [5.74, 6) is -1.51. The molecule has 148 valence electrons. The second-order valence-electron chi connectivity index (χ2n) is 6.08. The number of hydrogen-bond acceptors (Lipinski definition) is 6. The number of para-hydroxylation sites is 1. The molecule has 1 aromatic heterocycles. The highest BCUT2D eigenvalue weighted by Gasteiger charge is 2.29. The van der Waals surface area contributed by atoms with Gasteiger partial charge in [0.1, 0.15) is 4.21 Å². The van der Waals surface area contributed by atoms with E-state index in [1.54, 1.807) is 23.6 Å². The van der Waals surface area contributed by atoms with E-state index in [2.05, 4.69) is 20.9 Å². The maximum absolute atomic E-state index is 12.4. The lowest BCUT2D eigenvalue weighted by Gasteiger charge is -2.12. The van der Waals surface area contributed by atoms with Crippen molar-refractivity contribution in [1.29, 1.82) is 0 Å². The van der Waals surface area contributed by atoms with Crippen molar-refractivity contribution in [3.05, 3.63) is 47.3 Å². The van der Waals surface area contributed by atoms with Crippen molar-refractivity contribution in [2.45, 2.75) is 17.1 Å². The molecule has 0 spiro atoms. The molecule has 9 nitrogen and oxygen atoms in total. The maximum atomic E-state index is 12.4. The lowest BCUT2D eigenvalue weighted by molar-refractivity contribution is -0.127. The predicted molar refractivity (Wildman–Crippen MR) is 103 cm³/mol. The maximum Gasteiger partial charge on any atom is 0.271 e. The molecule has 0 bridgehead atoms. The Morgan fingerprint density at radius 2 is 1.79 bits per heavy atom. The quantitative estimate of drug-likeness (QED) is 0.491. The standard InChI is InChI=1S/C17H18N4O5S2/c22-14(10-18-16(23)11-7-8-11)19-20-17(24)12-4-1-2-5-13(12)21-28(25,26)15-6-3-9-27-15/h1-6,9,11,21H,7-8,10H2,(H,18,23)(H,19,22)(H,20,24). The van der Waals surface area contributed by atoms with Crippen LogP contribution in [0.3, 0.4) is 0 Å². The summed E-state index contributed by atoms with van der Waals surface area (Å²) in [6.45, 7) is -0.262. The number of sulfonamides is 1. The van der Waals surface area contributed by atoms with E-state index in [-0.39, 0.29) is 33.8 Å². The van der Waals surface area contributed by atoms with Crippen molar-refractivity contribution in [2.24, 2.45) is 5.92 Å². The number of anilines is 1. The third-order valence-electron chi connectivity index (χ3n) is 3.86. The summed E-state index contributed by atoms with van der Waals surface area (Å²) < 4.78 is 27.2. The van der Waals surface area contributed by atoms with Crippen molar-refractivity contribution >= 4 is 44.8 Å². The van der Waals surface area contributed by atoms with Gasteiger partial charge in [0.2, 0.25) is 5.91 Å². The zero-order valence-corrected chi connectivity index (χ0v) is 16.2. The van der Waals surface area contributed by atoms with E-state index >= 15 is 0 Å². The lowest BCUT2D eigenvalue weighted by Crippen LogP contribution is -2.46. The van der Waals surface area contributed by atoms with Crippen molar-refractivity contribution in [3.63, 3.8) is 0 Å². The van der Waals surface area contributed by atoms with Crippen LogP contribution in [0.5, 0.6) is 0 Å². The summed E-state index contributed by atoms with van der Waals surface area (Å²) in [6.07, 6.45) is 1.64. The van der Waals surface area contributed by atoms with Crippen LogP contribution in [0.1, 0.15) is 23.2 Å². The Morgan fingerprint density at radius 1 is 1.04 bits per heavy atom. The van der Waals surface area contributed by atoms with Gasteiger partial charge in [-0.3, -0.25) is 30.0 Å². The molecule has 1 heterocycles. The number of benzene rings is 1. The van der Waals surface area contributed by atoms with E-state index in [4.69, 9.17) is 0 Å². The van der Waals surface area contributed by atoms with Crippen molar-refractivity contribution in [2.75, 3.05) is 11.3 Å². The smallest absolute Gasteiger partial charge is 0.271 e. The van der Waals surface area contributed by atoms with Crippen LogP contribution in [0, 0.1) is 5.92 Å². The summed E-state index contributed by atoms with van der Waals surface area (Å²) in [7, 11) is -3.82. The van der Waals surface area contributed by atoms with Crippen molar-refractivity contribution in [1.82, 2.24) is 16.2 Å². The van der Waals surface area contributed by atoms with Crippen LogP contribution in [0.15, 0.2) is 46.0 Å². The molecule has 3 amide bonds. The van der Waals surface area contributed by atoms with E-state index in [1.807, 2.05) is 0 Å². The highest BCUT2D eigenvalue weighted by Crippen LogP contribution is 2.28. The number of nitrogens with one attached hydrogen (secondary N) is 4. The van der Waals surface area contributed by atoms with Gasteiger partial charge in [-0.1, -0.05) is 18.2 Å². The van der Waals surface area contributed by atoms with Gasteiger partial charge in [-0.25, -0.2) is 8.42 Å². The van der Waals surface area contributed by atoms with Gasteiger partial charge in [0.15, 0.2) is 0 Å². The number of thiophene rings is 1. The zero-order valence-electron chi connectivity index (χ0n) is 14.6. The van der Waals surface area contributed by atoms with Gasteiger partial charge in [0.05, 0.1) is 17.8 Å². The molecule has 1 aliphatic carbocycles. The first-order chi connectivity index (χ1) is 13.4. The molecule has 1 saturated carbocycles. The molecule has 0 atom stereocenters. The third-order valence-corrected chi connectivity index (χ3v) is 6.63. The molecular formula is C17H18N4O5S2. The summed E-state index contributed by atoms with van der Waals surface area (Å²) in [4.78, 5) is 35.6. The van der Waals surface area contributed by atoms with E-state index in [1.165, 1.54) is 18.2 Å². The fourth-order valence-corrected chi connectivity index (χ4v) is 4.35. The van der Waals surface area contributed by atoms with Crippen LogP contribution in [0.2, 0.25) is 0 Å². The first-order valence-electron chi connectivity index (χ1n) is 8.39. The predicted octanol–water partition coefficient (Wildman–Crippen LogP) is 0.836. The Hall–Kier alpha value is -2.92. The lowest BCUT2D eigenvalue weighted by atomic mass is 10.2. The van der Waals surface area contributed by atoms with Gasteiger partial charge in [-0.15, -0.1) is 11.3 Å². The average molecular weight is 422 g/mol. The summed E-state index contributed by atoms with van der Waals surface area (Å²) in [6, 6.07) is 9.06. The average Bonchev–Trinajstić information content (AvgIpc) is 3.37. The molecule has 0 radical (unpaired) electrons. The third kappa shape index (κ3) is 5.08. The van der Waals surface area contributed by atoms with Crippen LogP contribution in [0.4, 0.5) is 5.69 Å². The molecule has 2 aromatic rings. The van der Waals surface area contributed by atoms with E-state index in [0.717, 1.165) is 24.2 Å². The van der Waals surface area contributed by atoms with Gasteiger partial charge < -0.3 is 5.32 Å². The van der Waals surface area contributed by atoms with E-state index in [9.17, 15) is 22.8 Å². The molecule has 0 saturated heterocycles. The summed E-state index contributed by atoms with van der Waals surface area (Å²) in [5, 5.41) is 4.10. The number of amides is 3. The van der Waals surface area contributed by atoms with E-state index < -0.39 is 21.8 Å². The van der Waals surface area contributed by atoms with Gasteiger partial charge in [0.25, 0.3) is 21.8 Å². The number of hydrazine groups is 1. The Labute approximate surface area is 165 Å². The van der Waals surface area contributed by atoms with Crippen LogP contribution in [-0.4, -0.2) is 32.7 Å². The Bertz CT molecular complexity index is 985. The molecular weight excluding hydrogens is 404 g/mol. The normalized spacial score (nSPS) is 13.4. The Balaban J connectivity index is 1.59. The number of rotatable bonds is 7. The number of hydrogen-bond donors (Lipinski definition) is 4. The van der Waals surface area contributed by atoms with Crippen LogP contribution in [-0.2, 0) is 19.6 Å². The molecule has 11 heteroatoms. The van der Waals surface area contributed by atoms with Crippen molar-refractivity contribution in [3.8, 4) is 0 Å². The molecule has 3 rings (SSSR count). The monoisotopic (exact) mass is 422 g/mol. The number of carbonyl (C=O) groups is 3. The minimum absolute atomic E-state index is 0.0226.